The maximum absolute atomic E-state index is 5.40. The van der Waals surface area contributed by atoms with Crippen molar-refractivity contribution < 1.29 is 8.94 Å². The van der Waals surface area contributed by atoms with Gasteiger partial charge in [-0.1, -0.05) is 17.3 Å². The molecule has 0 saturated heterocycles. The van der Waals surface area contributed by atoms with Gasteiger partial charge in [-0.3, -0.25) is 0 Å². The molecular formula is C12H10N2O2. The van der Waals surface area contributed by atoms with Gasteiger partial charge in [0.15, 0.2) is 12.0 Å². The predicted octanol–water partition coefficient (Wildman–Crippen LogP) is 3.10. The van der Waals surface area contributed by atoms with Crippen molar-refractivity contribution in [2.24, 2.45) is 0 Å². The van der Waals surface area contributed by atoms with Crippen LogP contribution in [0.2, 0.25) is 0 Å². The van der Waals surface area contributed by atoms with Gasteiger partial charge in [0.25, 0.3) is 0 Å². The number of hydrogen-bond acceptors (Lipinski definition) is 4. The van der Waals surface area contributed by atoms with Crippen LogP contribution in [0, 0.1) is 13.8 Å². The second-order valence-electron chi connectivity index (χ2n) is 3.71. The van der Waals surface area contributed by atoms with Crippen LogP contribution in [0.4, 0.5) is 0 Å². The second kappa shape index (κ2) is 3.20. The molecule has 2 aromatic heterocycles. The summed E-state index contributed by atoms with van der Waals surface area (Å²) in [6.07, 6.45) is 1.45. The lowest BCUT2D eigenvalue weighted by atomic mass is 10.0. The predicted molar refractivity (Wildman–Crippen MR) is 59.0 cm³/mol. The van der Waals surface area contributed by atoms with Crippen molar-refractivity contribution in [2.75, 3.05) is 0 Å². The zero-order valence-electron chi connectivity index (χ0n) is 9.02. The van der Waals surface area contributed by atoms with Gasteiger partial charge < -0.3 is 8.94 Å². The summed E-state index contributed by atoms with van der Waals surface area (Å²) in [7, 11) is 0. The number of oxazole rings is 1. The highest BCUT2D eigenvalue weighted by Crippen LogP contribution is 2.32. The largest absolute Gasteiger partial charge is 0.443 e. The van der Waals surface area contributed by atoms with Crippen LogP contribution in [0.5, 0.6) is 0 Å². The first-order chi connectivity index (χ1) is 7.77. The molecule has 0 fully saturated rings. The molecule has 3 rings (SSSR count). The second-order valence-corrected chi connectivity index (χ2v) is 3.71. The van der Waals surface area contributed by atoms with Crippen molar-refractivity contribution in [3.8, 4) is 11.1 Å². The number of rotatable bonds is 1. The van der Waals surface area contributed by atoms with E-state index in [2.05, 4.69) is 10.1 Å². The van der Waals surface area contributed by atoms with Gasteiger partial charge in [0, 0.05) is 5.56 Å². The number of aryl methyl sites for hydroxylation is 2. The average molecular weight is 214 g/mol. The third-order valence-corrected chi connectivity index (χ3v) is 2.66. The lowest BCUT2D eigenvalue weighted by molar-refractivity contribution is 0.393. The van der Waals surface area contributed by atoms with Gasteiger partial charge in [0.1, 0.15) is 11.3 Å². The summed E-state index contributed by atoms with van der Waals surface area (Å²) in [4.78, 5) is 4.13. The topological polar surface area (TPSA) is 52.1 Å². The smallest absolute Gasteiger partial charge is 0.182 e. The molecule has 0 radical (unpaired) electrons. The molecule has 4 heteroatoms. The van der Waals surface area contributed by atoms with Crippen LogP contribution in [-0.2, 0) is 0 Å². The van der Waals surface area contributed by atoms with Gasteiger partial charge in [-0.25, -0.2) is 4.98 Å². The van der Waals surface area contributed by atoms with Crippen molar-refractivity contribution in [1.82, 2.24) is 10.1 Å². The molecule has 0 aliphatic rings. The molecule has 16 heavy (non-hydrogen) atoms. The van der Waals surface area contributed by atoms with Gasteiger partial charge in [0.2, 0.25) is 0 Å². The molecule has 0 amide bonds. The third kappa shape index (κ3) is 1.16. The molecule has 0 saturated carbocycles. The fourth-order valence-electron chi connectivity index (χ4n) is 1.95. The van der Waals surface area contributed by atoms with Crippen LogP contribution >= 0.6 is 0 Å². The van der Waals surface area contributed by atoms with Crippen LogP contribution in [-0.4, -0.2) is 10.1 Å². The minimum Gasteiger partial charge on any atom is -0.443 e. The van der Waals surface area contributed by atoms with Crippen LogP contribution in [0.15, 0.2) is 33.5 Å². The van der Waals surface area contributed by atoms with E-state index >= 15 is 0 Å². The summed E-state index contributed by atoms with van der Waals surface area (Å²) >= 11 is 0. The SMILES string of the molecule is Cc1noc(C)c1-c1cccc2ncoc12. The first-order valence-corrected chi connectivity index (χ1v) is 5.03. The maximum atomic E-state index is 5.40. The van der Waals surface area contributed by atoms with E-state index in [-0.39, 0.29) is 0 Å². The van der Waals surface area contributed by atoms with E-state index in [1.807, 2.05) is 32.0 Å². The molecule has 1 aromatic carbocycles. The summed E-state index contributed by atoms with van der Waals surface area (Å²) in [5, 5.41) is 3.95. The molecular weight excluding hydrogens is 204 g/mol. The van der Waals surface area contributed by atoms with Crippen molar-refractivity contribution >= 4 is 11.1 Å². The Kier molecular flexibility index (Phi) is 1.83. The van der Waals surface area contributed by atoms with E-state index in [0.29, 0.717) is 0 Å². The Labute approximate surface area is 91.9 Å². The van der Waals surface area contributed by atoms with E-state index in [4.69, 9.17) is 8.94 Å². The van der Waals surface area contributed by atoms with Gasteiger partial charge in [-0.05, 0) is 19.9 Å². The quantitative estimate of drug-likeness (QED) is 0.624. The van der Waals surface area contributed by atoms with Crippen LogP contribution in [0.25, 0.3) is 22.2 Å². The lowest BCUT2D eigenvalue weighted by Gasteiger charge is -1.99. The number of benzene rings is 1. The van der Waals surface area contributed by atoms with E-state index in [1.54, 1.807) is 0 Å². The minimum absolute atomic E-state index is 0.775. The molecule has 0 unspecified atom stereocenters. The van der Waals surface area contributed by atoms with Gasteiger partial charge >= 0.3 is 0 Å². The van der Waals surface area contributed by atoms with Crippen molar-refractivity contribution in [3.63, 3.8) is 0 Å². The van der Waals surface area contributed by atoms with Crippen LogP contribution < -0.4 is 0 Å². The molecule has 0 atom stereocenters. The lowest BCUT2D eigenvalue weighted by Crippen LogP contribution is -1.82. The number of para-hydroxylation sites is 1. The Balaban J connectivity index is 2.38. The first-order valence-electron chi connectivity index (χ1n) is 5.03. The summed E-state index contributed by atoms with van der Waals surface area (Å²) in [5.74, 6) is 0.793. The zero-order valence-corrected chi connectivity index (χ0v) is 9.02. The molecule has 0 bridgehead atoms. The Bertz CT molecular complexity index is 632. The Morgan fingerprint density at radius 1 is 1.19 bits per heavy atom. The average Bonchev–Trinajstić information content (AvgIpc) is 2.86. The summed E-state index contributed by atoms with van der Waals surface area (Å²) in [6, 6.07) is 5.85. The highest BCUT2D eigenvalue weighted by Gasteiger charge is 2.15. The standard InChI is InChI=1S/C12H10N2O2/c1-7-11(8(2)16-14-7)9-4-3-5-10-12(9)15-6-13-10/h3-6H,1-2H3. The first kappa shape index (κ1) is 9.15. The Hall–Kier alpha value is -2.10. The molecule has 0 N–H and O–H groups in total. The van der Waals surface area contributed by atoms with Gasteiger partial charge in [-0.2, -0.15) is 0 Å². The number of fused-ring (bicyclic) bond motifs is 1. The fraction of sp³-hybridized carbons (Fsp3) is 0.167. The molecule has 0 aliphatic heterocycles. The number of hydrogen-bond donors (Lipinski definition) is 0. The Morgan fingerprint density at radius 3 is 2.81 bits per heavy atom. The monoisotopic (exact) mass is 214 g/mol. The van der Waals surface area contributed by atoms with Crippen LogP contribution in [0.1, 0.15) is 11.5 Å². The van der Waals surface area contributed by atoms with Crippen molar-refractivity contribution in [2.45, 2.75) is 13.8 Å². The fourth-order valence-corrected chi connectivity index (χ4v) is 1.95. The summed E-state index contributed by atoms with van der Waals surface area (Å²) in [6.45, 7) is 3.81. The zero-order chi connectivity index (χ0) is 11.1. The molecule has 80 valence electrons. The number of aromatic nitrogens is 2. The Morgan fingerprint density at radius 2 is 2.06 bits per heavy atom. The highest BCUT2D eigenvalue weighted by atomic mass is 16.5. The molecule has 4 nitrogen and oxygen atoms in total. The van der Waals surface area contributed by atoms with Crippen molar-refractivity contribution in [3.05, 3.63) is 36.0 Å². The molecule has 0 spiro atoms. The molecule has 2 heterocycles. The van der Waals surface area contributed by atoms with Gasteiger partial charge in [-0.15, -0.1) is 0 Å². The van der Waals surface area contributed by atoms with E-state index in [9.17, 15) is 0 Å². The summed E-state index contributed by atoms with van der Waals surface area (Å²) in [5.41, 5.74) is 4.45. The summed E-state index contributed by atoms with van der Waals surface area (Å²) < 4.78 is 10.6. The van der Waals surface area contributed by atoms with E-state index in [1.165, 1.54) is 6.39 Å². The van der Waals surface area contributed by atoms with Crippen molar-refractivity contribution in [1.29, 1.82) is 0 Å². The van der Waals surface area contributed by atoms with E-state index in [0.717, 1.165) is 33.7 Å². The van der Waals surface area contributed by atoms with E-state index < -0.39 is 0 Å². The maximum Gasteiger partial charge on any atom is 0.182 e. The third-order valence-electron chi connectivity index (χ3n) is 2.66. The van der Waals surface area contributed by atoms with Crippen LogP contribution in [0.3, 0.4) is 0 Å². The number of nitrogens with zero attached hydrogens (tertiary/aromatic N) is 2. The highest BCUT2D eigenvalue weighted by molar-refractivity contribution is 5.91. The normalized spacial score (nSPS) is 11.1. The molecule has 3 aromatic rings. The molecule has 0 aliphatic carbocycles. The minimum atomic E-state index is 0.775. The van der Waals surface area contributed by atoms with Gasteiger partial charge in [0.05, 0.1) is 11.3 Å².